The van der Waals surface area contributed by atoms with E-state index < -0.39 is 17.7 Å². The number of carbonyl (C=O) groups is 1. The van der Waals surface area contributed by atoms with Crippen molar-refractivity contribution >= 4 is 28.4 Å². The summed E-state index contributed by atoms with van der Waals surface area (Å²) < 4.78 is 39.3. The molecule has 2 aromatic heterocycles. The van der Waals surface area contributed by atoms with E-state index in [2.05, 4.69) is 26.8 Å². The van der Waals surface area contributed by atoms with Gasteiger partial charge in [-0.15, -0.1) is 0 Å². The average molecular weight is 496 g/mol. The van der Waals surface area contributed by atoms with E-state index in [9.17, 15) is 23.1 Å². The van der Waals surface area contributed by atoms with Crippen molar-refractivity contribution in [1.82, 2.24) is 19.9 Å². The van der Waals surface area contributed by atoms with Gasteiger partial charge in [0, 0.05) is 44.2 Å². The Bertz CT molecular complexity index is 1410. The van der Waals surface area contributed by atoms with Gasteiger partial charge in [-0.1, -0.05) is 24.0 Å². The molecule has 0 spiro atoms. The van der Waals surface area contributed by atoms with Crippen LogP contribution in [0.1, 0.15) is 18.4 Å². The Hall–Kier alpha value is -3.91. The summed E-state index contributed by atoms with van der Waals surface area (Å²) in [6.07, 6.45) is -2.71. The fourth-order valence-electron chi connectivity index (χ4n) is 4.31. The van der Waals surface area contributed by atoms with Gasteiger partial charge < -0.3 is 20.6 Å². The normalized spacial score (nSPS) is 20.8. The molecule has 0 aliphatic carbocycles. The first-order valence-electron chi connectivity index (χ1n) is 11.4. The number of piperidine rings is 1. The molecule has 2 aliphatic rings. The maximum absolute atomic E-state index is 13.1. The van der Waals surface area contributed by atoms with Crippen LogP contribution in [0.5, 0.6) is 0 Å². The Morgan fingerprint density at radius 2 is 1.97 bits per heavy atom. The van der Waals surface area contributed by atoms with Gasteiger partial charge in [0.25, 0.3) is 0 Å². The number of benzene rings is 1. The SMILES string of the molecule is CN1CC[C@@](O)(C#Cc2cccc(-c3cc(N4CC(C(F)(F)F)C4)c4ncnc(N)c4n3)c2)CC1=O. The number of halogens is 3. The van der Waals surface area contributed by atoms with E-state index in [0.717, 1.165) is 0 Å². The molecular weight excluding hydrogens is 473 g/mol. The van der Waals surface area contributed by atoms with Crippen molar-refractivity contribution in [2.45, 2.75) is 24.6 Å². The molecule has 0 saturated carbocycles. The Morgan fingerprint density at radius 1 is 1.19 bits per heavy atom. The second-order valence-corrected chi connectivity index (χ2v) is 9.23. The first-order valence-corrected chi connectivity index (χ1v) is 11.4. The molecule has 11 heteroatoms. The highest BCUT2D eigenvalue weighted by Gasteiger charge is 2.47. The highest BCUT2D eigenvalue weighted by molar-refractivity contribution is 5.96. The maximum atomic E-state index is 13.1. The average Bonchev–Trinajstić information content (AvgIpc) is 2.79. The molecule has 3 aromatic rings. The number of pyridine rings is 1. The minimum absolute atomic E-state index is 0.0696. The molecule has 0 radical (unpaired) electrons. The quantitative estimate of drug-likeness (QED) is 0.525. The smallest absolute Gasteiger partial charge is 0.382 e. The molecule has 2 fully saturated rings. The van der Waals surface area contributed by atoms with Crippen LogP contribution in [0, 0.1) is 17.8 Å². The van der Waals surface area contributed by atoms with Gasteiger partial charge in [-0.25, -0.2) is 15.0 Å². The molecule has 4 heterocycles. The highest BCUT2D eigenvalue weighted by Crippen LogP contribution is 2.39. The number of likely N-dealkylation sites (tertiary alicyclic amines) is 1. The van der Waals surface area contributed by atoms with Gasteiger partial charge in [-0.3, -0.25) is 4.79 Å². The lowest BCUT2D eigenvalue weighted by Crippen LogP contribution is -2.53. The van der Waals surface area contributed by atoms with Crippen LogP contribution >= 0.6 is 0 Å². The summed E-state index contributed by atoms with van der Waals surface area (Å²) in [5.41, 5.74) is 7.55. The van der Waals surface area contributed by atoms with E-state index in [0.29, 0.717) is 46.5 Å². The number of nitrogen functional groups attached to an aromatic ring is 1. The van der Waals surface area contributed by atoms with E-state index in [1.807, 2.05) is 0 Å². The summed E-state index contributed by atoms with van der Waals surface area (Å²) >= 11 is 0. The van der Waals surface area contributed by atoms with E-state index in [4.69, 9.17) is 5.73 Å². The summed E-state index contributed by atoms with van der Waals surface area (Å²) in [5.74, 6) is 4.33. The maximum Gasteiger partial charge on any atom is 0.395 e. The first-order chi connectivity index (χ1) is 17.0. The molecule has 5 rings (SSSR count). The van der Waals surface area contributed by atoms with E-state index in [1.54, 1.807) is 47.2 Å². The van der Waals surface area contributed by atoms with E-state index >= 15 is 0 Å². The molecule has 2 saturated heterocycles. The van der Waals surface area contributed by atoms with Crippen LogP contribution in [0.2, 0.25) is 0 Å². The Labute approximate surface area is 205 Å². The number of nitrogens with two attached hydrogens (primary N) is 1. The third-order valence-corrected chi connectivity index (χ3v) is 6.61. The van der Waals surface area contributed by atoms with Crippen LogP contribution in [-0.2, 0) is 4.79 Å². The second-order valence-electron chi connectivity index (χ2n) is 9.23. The van der Waals surface area contributed by atoms with Crippen molar-refractivity contribution in [1.29, 1.82) is 0 Å². The number of aliphatic hydroxyl groups is 1. The van der Waals surface area contributed by atoms with Gasteiger partial charge in [0.1, 0.15) is 23.0 Å². The number of nitrogens with zero attached hydrogens (tertiary/aromatic N) is 5. The largest absolute Gasteiger partial charge is 0.395 e. The molecule has 2 aliphatic heterocycles. The highest BCUT2D eigenvalue weighted by atomic mass is 19.4. The topological polar surface area (TPSA) is 108 Å². The van der Waals surface area contributed by atoms with E-state index in [-0.39, 0.29) is 31.2 Å². The zero-order valence-electron chi connectivity index (χ0n) is 19.4. The van der Waals surface area contributed by atoms with Crippen LogP contribution < -0.4 is 10.6 Å². The molecule has 0 bridgehead atoms. The van der Waals surface area contributed by atoms with Gasteiger partial charge in [-0.2, -0.15) is 13.2 Å². The minimum atomic E-state index is -4.26. The monoisotopic (exact) mass is 496 g/mol. The summed E-state index contributed by atoms with van der Waals surface area (Å²) in [6, 6.07) is 8.78. The predicted octanol–water partition coefficient (Wildman–Crippen LogP) is 2.61. The fourth-order valence-corrected chi connectivity index (χ4v) is 4.31. The molecule has 3 N–H and O–H groups in total. The van der Waals surface area contributed by atoms with Gasteiger partial charge >= 0.3 is 6.18 Å². The number of amides is 1. The number of anilines is 2. The van der Waals surface area contributed by atoms with Crippen LogP contribution in [0.15, 0.2) is 36.7 Å². The molecule has 0 unspecified atom stereocenters. The predicted molar refractivity (Wildman–Crippen MR) is 128 cm³/mol. The fraction of sp³-hybridized carbons (Fsp3) is 0.360. The third kappa shape index (κ3) is 4.52. The number of alkyl halides is 3. The zero-order valence-corrected chi connectivity index (χ0v) is 19.4. The van der Waals surface area contributed by atoms with Gasteiger partial charge in [0.2, 0.25) is 5.91 Å². The van der Waals surface area contributed by atoms with Crippen LogP contribution in [0.25, 0.3) is 22.3 Å². The Kier molecular flexibility index (Phi) is 5.71. The van der Waals surface area contributed by atoms with Crippen molar-refractivity contribution in [3.63, 3.8) is 0 Å². The summed E-state index contributed by atoms with van der Waals surface area (Å²) in [4.78, 5) is 28.0. The molecule has 36 heavy (non-hydrogen) atoms. The Morgan fingerprint density at radius 3 is 2.69 bits per heavy atom. The van der Waals surface area contributed by atoms with Crippen molar-refractivity contribution in [2.24, 2.45) is 5.92 Å². The summed E-state index contributed by atoms with van der Waals surface area (Å²) in [7, 11) is 1.69. The van der Waals surface area contributed by atoms with Crippen LogP contribution in [0.3, 0.4) is 0 Å². The van der Waals surface area contributed by atoms with Crippen LogP contribution in [-0.4, -0.2) is 69.3 Å². The standard InChI is InChI=1S/C25H23F3N6O2/c1-33-8-7-24(36,11-20(33)35)6-5-15-3-2-4-16(9-15)18-10-19(34-12-17(13-34)25(26,27)28)21-22(32-18)23(29)31-14-30-21/h2-4,9-10,14,17,36H,7-8,11-13H2,1H3,(H2,29,30,31)/t24-/m0/s1. The number of aromatic nitrogens is 3. The number of hydrogen-bond acceptors (Lipinski definition) is 7. The van der Waals surface area contributed by atoms with Crippen molar-refractivity contribution < 1.29 is 23.1 Å². The number of fused-ring (bicyclic) bond motifs is 1. The molecule has 1 amide bonds. The lowest BCUT2D eigenvalue weighted by atomic mass is 9.91. The molecule has 186 valence electrons. The third-order valence-electron chi connectivity index (χ3n) is 6.61. The first kappa shape index (κ1) is 23.8. The summed E-state index contributed by atoms with van der Waals surface area (Å²) in [5, 5.41) is 10.7. The van der Waals surface area contributed by atoms with Crippen molar-refractivity contribution in [3.05, 3.63) is 42.2 Å². The molecule has 1 aromatic carbocycles. The minimum Gasteiger partial charge on any atom is -0.382 e. The zero-order chi connectivity index (χ0) is 25.7. The number of carbonyl (C=O) groups excluding carboxylic acids is 1. The molecule has 1 atom stereocenters. The van der Waals surface area contributed by atoms with Crippen molar-refractivity contribution in [3.8, 4) is 23.1 Å². The molecule has 8 nitrogen and oxygen atoms in total. The molecular formula is C25H23F3N6O2. The number of rotatable bonds is 2. The lowest BCUT2D eigenvalue weighted by Gasteiger charge is -2.42. The van der Waals surface area contributed by atoms with E-state index in [1.165, 1.54) is 6.33 Å². The van der Waals surface area contributed by atoms with Gasteiger partial charge in [-0.05, 0) is 18.2 Å². The van der Waals surface area contributed by atoms with Crippen molar-refractivity contribution in [2.75, 3.05) is 37.3 Å². The van der Waals surface area contributed by atoms with Gasteiger partial charge in [0.05, 0.1) is 23.7 Å². The summed E-state index contributed by atoms with van der Waals surface area (Å²) in [6.45, 7) is 0.0664. The van der Waals surface area contributed by atoms with Crippen LogP contribution in [0.4, 0.5) is 24.7 Å². The lowest BCUT2D eigenvalue weighted by molar-refractivity contribution is -0.180. The second kappa shape index (κ2) is 8.64. The van der Waals surface area contributed by atoms with Gasteiger partial charge in [0.15, 0.2) is 5.82 Å². The Balaban J connectivity index is 1.49. The number of hydrogen-bond donors (Lipinski definition) is 2.